The number of ether oxygens (including phenoxy) is 3. The Morgan fingerprint density at radius 1 is 1.31 bits per heavy atom. The molecular formula is C22H32O4. The van der Waals surface area contributed by atoms with Crippen LogP contribution in [0.4, 0.5) is 0 Å². The minimum absolute atomic E-state index is 0.0129. The van der Waals surface area contributed by atoms with E-state index in [1.165, 1.54) is 19.8 Å². The first-order chi connectivity index (χ1) is 12.1. The molecule has 4 nitrogen and oxygen atoms in total. The van der Waals surface area contributed by atoms with E-state index in [1.54, 1.807) is 0 Å². The average Bonchev–Trinajstić information content (AvgIpc) is 3.02. The number of rotatable bonds is 5. The van der Waals surface area contributed by atoms with Gasteiger partial charge in [-0.1, -0.05) is 31.6 Å². The number of hydrogen-bond donors (Lipinski definition) is 0. The fraction of sp³-hybridized carbons (Fsp3) is 0.682. The van der Waals surface area contributed by atoms with Gasteiger partial charge in [0.15, 0.2) is 0 Å². The molecule has 144 valence electrons. The second-order valence-corrected chi connectivity index (χ2v) is 8.85. The van der Waals surface area contributed by atoms with Gasteiger partial charge in [0.05, 0.1) is 11.7 Å². The molecule has 1 saturated carbocycles. The van der Waals surface area contributed by atoms with Crippen LogP contribution in [0.2, 0.25) is 0 Å². The Balaban J connectivity index is 1.65. The van der Waals surface area contributed by atoms with Crippen LogP contribution in [0.1, 0.15) is 60.8 Å². The maximum Gasteiger partial charge on any atom is 0.302 e. The van der Waals surface area contributed by atoms with Gasteiger partial charge in [-0.2, -0.15) is 0 Å². The lowest BCUT2D eigenvalue weighted by molar-refractivity contribution is -0.144. The Morgan fingerprint density at radius 3 is 2.69 bits per heavy atom. The molecule has 3 aliphatic rings. The van der Waals surface area contributed by atoms with E-state index in [2.05, 4.69) is 52.0 Å². The zero-order valence-electron chi connectivity index (χ0n) is 16.9. The predicted molar refractivity (Wildman–Crippen MR) is 102 cm³/mol. The topological polar surface area (TPSA) is 48.1 Å². The van der Waals surface area contributed by atoms with Crippen molar-refractivity contribution in [3.05, 3.63) is 35.5 Å². The normalized spacial score (nSPS) is 38.8. The summed E-state index contributed by atoms with van der Waals surface area (Å²) in [5.41, 5.74) is 2.26. The van der Waals surface area contributed by atoms with Crippen LogP contribution in [0, 0.1) is 5.41 Å². The molecule has 4 heteroatoms. The molecule has 2 fully saturated rings. The lowest BCUT2D eigenvalue weighted by Gasteiger charge is -2.36. The maximum absolute atomic E-state index is 11.0. The summed E-state index contributed by atoms with van der Waals surface area (Å²) in [5.74, 6) is -0.277. The Kier molecular flexibility index (Phi) is 4.95. The van der Waals surface area contributed by atoms with Crippen molar-refractivity contribution in [1.29, 1.82) is 0 Å². The molecule has 0 aromatic heterocycles. The first-order valence-corrected chi connectivity index (χ1v) is 9.64. The minimum atomic E-state index is -0.277. The van der Waals surface area contributed by atoms with Crippen molar-refractivity contribution in [1.82, 2.24) is 0 Å². The van der Waals surface area contributed by atoms with E-state index in [0.717, 1.165) is 17.6 Å². The summed E-state index contributed by atoms with van der Waals surface area (Å²) >= 11 is 0. The summed E-state index contributed by atoms with van der Waals surface area (Å²) in [7, 11) is 0. The van der Waals surface area contributed by atoms with Crippen LogP contribution in [0.25, 0.3) is 0 Å². The predicted octanol–water partition coefficient (Wildman–Crippen LogP) is 4.50. The van der Waals surface area contributed by atoms with Gasteiger partial charge in [-0.3, -0.25) is 4.79 Å². The third kappa shape index (κ3) is 3.41. The van der Waals surface area contributed by atoms with Crippen molar-refractivity contribution in [3.8, 4) is 0 Å². The summed E-state index contributed by atoms with van der Waals surface area (Å²) in [5, 5.41) is 0. The van der Waals surface area contributed by atoms with Crippen LogP contribution in [-0.4, -0.2) is 36.0 Å². The third-order valence-corrected chi connectivity index (χ3v) is 6.29. The molecule has 4 unspecified atom stereocenters. The van der Waals surface area contributed by atoms with Crippen molar-refractivity contribution in [2.75, 3.05) is 6.61 Å². The lowest BCUT2D eigenvalue weighted by atomic mass is 9.64. The number of allylic oxidation sites excluding steroid dienone is 2. The third-order valence-electron chi connectivity index (χ3n) is 6.29. The Bertz CT molecular complexity index is 672. The number of fused-ring (bicyclic) bond motifs is 1. The van der Waals surface area contributed by atoms with Crippen molar-refractivity contribution in [2.45, 2.75) is 84.2 Å². The second kappa shape index (κ2) is 6.65. The molecule has 1 aliphatic carbocycles. The molecule has 0 aromatic carbocycles. The molecule has 0 amide bonds. The number of hydrogen-bond acceptors (Lipinski definition) is 4. The highest BCUT2D eigenvalue weighted by atomic mass is 16.6. The van der Waals surface area contributed by atoms with E-state index < -0.39 is 0 Å². The van der Waals surface area contributed by atoms with Gasteiger partial charge in [0.2, 0.25) is 0 Å². The first kappa shape index (κ1) is 19.4. The molecule has 0 bridgehead atoms. The summed E-state index contributed by atoms with van der Waals surface area (Å²) < 4.78 is 17.3. The van der Waals surface area contributed by atoms with Gasteiger partial charge in [-0.05, 0) is 57.8 Å². The lowest BCUT2D eigenvalue weighted by Crippen LogP contribution is -2.41. The average molecular weight is 360 g/mol. The minimum Gasteiger partial charge on any atom is -0.463 e. The maximum atomic E-state index is 11.0. The Hall–Kier alpha value is -1.39. The molecule has 0 spiro atoms. The molecule has 2 aliphatic heterocycles. The van der Waals surface area contributed by atoms with Gasteiger partial charge < -0.3 is 14.2 Å². The zero-order valence-corrected chi connectivity index (χ0v) is 16.9. The van der Waals surface area contributed by atoms with Crippen molar-refractivity contribution in [2.24, 2.45) is 5.41 Å². The van der Waals surface area contributed by atoms with E-state index in [1.807, 2.05) is 6.92 Å². The number of carbonyl (C=O) groups excluding carboxylic acids is 1. The molecule has 2 heterocycles. The standard InChI is InChI=1S/C22H32O4/c1-15(12-18-13-16(2)19(25-18)14-24-17(3)23)8-11-22-20(4,5)9-7-10-21(22,6)26-22/h8,11-13,18-19H,7,9-10,14H2,1-6H3/b11-8+,15-12+. The number of esters is 1. The quantitative estimate of drug-likeness (QED) is 0.313. The van der Waals surface area contributed by atoms with Gasteiger partial charge in [-0.15, -0.1) is 0 Å². The van der Waals surface area contributed by atoms with Crippen LogP contribution in [0.5, 0.6) is 0 Å². The second-order valence-electron chi connectivity index (χ2n) is 8.85. The van der Waals surface area contributed by atoms with Gasteiger partial charge in [0.1, 0.15) is 18.3 Å². The molecule has 1 saturated heterocycles. The van der Waals surface area contributed by atoms with E-state index in [9.17, 15) is 4.79 Å². The van der Waals surface area contributed by atoms with Crippen LogP contribution in [0.15, 0.2) is 35.5 Å². The van der Waals surface area contributed by atoms with Gasteiger partial charge in [-0.25, -0.2) is 0 Å². The van der Waals surface area contributed by atoms with Crippen LogP contribution in [-0.2, 0) is 19.0 Å². The van der Waals surface area contributed by atoms with E-state index >= 15 is 0 Å². The van der Waals surface area contributed by atoms with Crippen LogP contribution < -0.4 is 0 Å². The fourth-order valence-corrected chi connectivity index (χ4v) is 4.63. The largest absolute Gasteiger partial charge is 0.463 e. The zero-order chi connectivity index (χ0) is 19.2. The summed E-state index contributed by atoms with van der Waals surface area (Å²) in [6.07, 6.45) is 12.0. The summed E-state index contributed by atoms with van der Waals surface area (Å²) in [6, 6.07) is 0. The molecule has 0 aromatic rings. The highest BCUT2D eigenvalue weighted by Crippen LogP contribution is 2.66. The van der Waals surface area contributed by atoms with E-state index in [-0.39, 0.29) is 41.4 Å². The fourth-order valence-electron chi connectivity index (χ4n) is 4.63. The number of carbonyl (C=O) groups is 1. The first-order valence-electron chi connectivity index (χ1n) is 9.64. The van der Waals surface area contributed by atoms with E-state index in [0.29, 0.717) is 0 Å². The number of epoxide rings is 1. The Labute approximate surface area is 157 Å². The SMILES string of the molecule is CC(=O)OCC1OC(/C=C(C)/C=C/C23OC2(C)CCCC3(C)C)C=C1C. The highest BCUT2D eigenvalue weighted by molar-refractivity contribution is 5.65. The van der Waals surface area contributed by atoms with Gasteiger partial charge >= 0.3 is 5.97 Å². The molecular weight excluding hydrogens is 328 g/mol. The van der Waals surface area contributed by atoms with Crippen molar-refractivity contribution in [3.63, 3.8) is 0 Å². The molecule has 4 atom stereocenters. The smallest absolute Gasteiger partial charge is 0.302 e. The van der Waals surface area contributed by atoms with Crippen LogP contribution >= 0.6 is 0 Å². The van der Waals surface area contributed by atoms with Gasteiger partial charge in [0, 0.05) is 12.3 Å². The van der Waals surface area contributed by atoms with E-state index in [4.69, 9.17) is 14.2 Å². The Morgan fingerprint density at radius 2 is 2.04 bits per heavy atom. The molecule has 0 N–H and O–H groups in total. The molecule has 3 rings (SSSR count). The summed E-state index contributed by atoms with van der Waals surface area (Å²) in [4.78, 5) is 11.0. The molecule has 26 heavy (non-hydrogen) atoms. The summed E-state index contributed by atoms with van der Waals surface area (Å²) in [6.45, 7) is 12.7. The van der Waals surface area contributed by atoms with Gasteiger partial charge in [0.25, 0.3) is 0 Å². The van der Waals surface area contributed by atoms with Crippen molar-refractivity contribution >= 4 is 5.97 Å². The van der Waals surface area contributed by atoms with Crippen molar-refractivity contribution < 1.29 is 19.0 Å². The molecule has 0 radical (unpaired) electrons. The van der Waals surface area contributed by atoms with Crippen LogP contribution in [0.3, 0.4) is 0 Å². The monoisotopic (exact) mass is 360 g/mol. The highest BCUT2D eigenvalue weighted by Gasteiger charge is 2.73.